The lowest BCUT2D eigenvalue weighted by Crippen LogP contribution is -2.49. The molecule has 0 heterocycles. The number of nitrogens with one attached hydrogen (secondary N) is 1. The number of rotatable bonds is 8. The van der Waals surface area contributed by atoms with Gasteiger partial charge in [0.15, 0.2) is 0 Å². The molecule has 1 N–H and O–H groups in total. The molecule has 3 heteroatoms. The Kier molecular flexibility index (Phi) is 7.98. The second-order valence-corrected chi connectivity index (χ2v) is 5.51. The van der Waals surface area contributed by atoms with Crippen molar-refractivity contribution in [2.75, 3.05) is 40.8 Å². The van der Waals surface area contributed by atoms with Crippen LogP contribution in [0.1, 0.15) is 27.7 Å². The maximum atomic E-state index is 3.35. The SMILES string of the molecule is CNC(C)C(C)N(CCN(C)C)CC(C)C. The number of likely N-dealkylation sites (N-methyl/N-ethyl adjacent to an activating group) is 2. The van der Waals surface area contributed by atoms with Crippen molar-refractivity contribution in [1.29, 1.82) is 0 Å². The van der Waals surface area contributed by atoms with Crippen LogP contribution in [0.4, 0.5) is 0 Å². The van der Waals surface area contributed by atoms with Gasteiger partial charge in [-0.15, -0.1) is 0 Å². The molecular weight excluding hydrogens is 198 g/mol. The predicted octanol–water partition coefficient (Wildman–Crippen LogP) is 1.50. The van der Waals surface area contributed by atoms with Crippen LogP contribution in [-0.4, -0.2) is 62.7 Å². The van der Waals surface area contributed by atoms with Crippen LogP contribution < -0.4 is 5.32 Å². The summed E-state index contributed by atoms with van der Waals surface area (Å²) in [6, 6.07) is 1.13. The Morgan fingerprint density at radius 2 is 1.56 bits per heavy atom. The van der Waals surface area contributed by atoms with Crippen LogP contribution in [0.3, 0.4) is 0 Å². The maximum absolute atomic E-state index is 3.35. The summed E-state index contributed by atoms with van der Waals surface area (Å²) in [6.07, 6.45) is 0. The molecule has 0 aromatic carbocycles. The first kappa shape index (κ1) is 15.9. The molecule has 16 heavy (non-hydrogen) atoms. The lowest BCUT2D eigenvalue weighted by molar-refractivity contribution is 0.147. The van der Waals surface area contributed by atoms with Crippen molar-refractivity contribution in [3.8, 4) is 0 Å². The van der Waals surface area contributed by atoms with Gasteiger partial charge in [-0.05, 0) is 40.9 Å². The Morgan fingerprint density at radius 1 is 1.00 bits per heavy atom. The second kappa shape index (κ2) is 8.04. The van der Waals surface area contributed by atoms with E-state index < -0.39 is 0 Å². The van der Waals surface area contributed by atoms with Gasteiger partial charge in [-0.2, -0.15) is 0 Å². The topological polar surface area (TPSA) is 18.5 Å². The first-order chi connectivity index (χ1) is 7.38. The zero-order valence-corrected chi connectivity index (χ0v) is 12.2. The van der Waals surface area contributed by atoms with Crippen LogP contribution in [0.15, 0.2) is 0 Å². The van der Waals surface area contributed by atoms with E-state index in [0.717, 1.165) is 19.0 Å². The normalized spacial score (nSPS) is 16.1. The maximum Gasteiger partial charge on any atom is 0.0218 e. The summed E-state index contributed by atoms with van der Waals surface area (Å²) in [7, 11) is 6.32. The van der Waals surface area contributed by atoms with Gasteiger partial charge in [0.1, 0.15) is 0 Å². The monoisotopic (exact) mass is 229 g/mol. The molecule has 0 aromatic rings. The van der Waals surface area contributed by atoms with Gasteiger partial charge in [0, 0.05) is 31.7 Å². The lowest BCUT2D eigenvalue weighted by Gasteiger charge is -2.35. The van der Waals surface area contributed by atoms with E-state index in [0.29, 0.717) is 12.1 Å². The molecule has 2 unspecified atom stereocenters. The second-order valence-electron chi connectivity index (χ2n) is 5.51. The molecule has 0 bridgehead atoms. The van der Waals surface area contributed by atoms with Crippen molar-refractivity contribution in [2.24, 2.45) is 5.92 Å². The third kappa shape index (κ3) is 6.46. The summed E-state index contributed by atoms with van der Waals surface area (Å²) in [4.78, 5) is 4.84. The van der Waals surface area contributed by atoms with E-state index in [4.69, 9.17) is 0 Å². The lowest BCUT2D eigenvalue weighted by atomic mass is 10.1. The Morgan fingerprint density at radius 3 is 1.94 bits per heavy atom. The zero-order valence-electron chi connectivity index (χ0n) is 12.2. The van der Waals surface area contributed by atoms with Gasteiger partial charge in [0.25, 0.3) is 0 Å². The largest absolute Gasteiger partial charge is 0.316 e. The van der Waals surface area contributed by atoms with Crippen molar-refractivity contribution < 1.29 is 0 Å². The van der Waals surface area contributed by atoms with Crippen LogP contribution in [0.5, 0.6) is 0 Å². The standard InChI is InChI=1S/C13H31N3/c1-11(2)10-16(9-8-15(6)7)13(4)12(3)14-5/h11-14H,8-10H2,1-7H3. The fraction of sp³-hybridized carbons (Fsp3) is 1.00. The van der Waals surface area contributed by atoms with Gasteiger partial charge in [0.05, 0.1) is 0 Å². The first-order valence-corrected chi connectivity index (χ1v) is 6.44. The van der Waals surface area contributed by atoms with E-state index >= 15 is 0 Å². The van der Waals surface area contributed by atoms with E-state index in [-0.39, 0.29) is 0 Å². The molecule has 0 amide bonds. The molecule has 0 aliphatic rings. The molecular formula is C13H31N3. The Balaban J connectivity index is 4.28. The zero-order chi connectivity index (χ0) is 12.7. The highest BCUT2D eigenvalue weighted by atomic mass is 15.2. The van der Waals surface area contributed by atoms with Gasteiger partial charge < -0.3 is 10.2 Å². The number of hydrogen-bond acceptors (Lipinski definition) is 3. The van der Waals surface area contributed by atoms with Gasteiger partial charge >= 0.3 is 0 Å². The number of nitrogens with zero attached hydrogens (tertiary/aromatic N) is 2. The molecule has 0 rings (SSSR count). The summed E-state index contributed by atoms with van der Waals surface area (Å²) >= 11 is 0. The van der Waals surface area contributed by atoms with E-state index in [1.807, 2.05) is 7.05 Å². The number of hydrogen-bond donors (Lipinski definition) is 1. The molecule has 98 valence electrons. The van der Waals surface area contributed by atoms with Gasteiger partial charge in [-0.3, -0.25) is 4.90 Å². The minimum atomic E-state index is 0.543. The fourth-order valence-electron chi connectivity index (χ4n) is 1.82. The predicted molar refractivity (Wildman–Crippen MR) is 72.9 cm³/mol. The van der Waals surface area contributed by atoms with E-state index in [9.17, 15) is 0 Å². The quantitative estimate of drug-likeness (QED) is 0.680. The highest BCUT2D eigenvalue weighted by Crippen LogP contribution is 2.08. The third-order valence-corrected chi connectivity index (χ3v) is 3.19. The van der Waals surface area contributed by atoms with Crippen molar-refractivity contribution in [3.63, 3.8) is 0 Å². The van der Waals surface area contributed by atoms with E-state index in [1.165, 1.54) is 6.54 Å². The highest BCUT2D eigenvalue weighted by Gasteiger charge is 2.19. The van der Waals surface area contributed by atoms with Crippen LogP contribution in [-0.2, 0) is 0 Å². The summed E-state index contributed by atoms with van der Waals surface area (Å²) in [5.74, 6) is 0.730. The van der Waals surface area contributed by atoms with E-state index in [2.05, 4.69) is 56.9 Å². The molecule has 2 atom stereocenters. The van der Waals surface area contributed by atoms with Gasteiger partial charge in [0.2, 0.25) is 0 Å². The minimum absolute atomic E-state index is 0.543. The molecule has 0 saturated carbocycles. The molecule has 0 aliphatic carbocycles. The molecule has 0 spiro atoms. The molecule has 0 saturated heterocycles. The summed E-state index contributed by atoms with van der Waals surface area (Å²) in [6.45, 7) is 12.6. The van der Waals surface area contributed by atoms with Crippen LogP contribution in [0, 0.1) is 5.92 Å². The third-order valence-electron chi connectivity index (χ3n) is 3.19. The van der Waals surface area contributed by atoms with Crippen molar-refractivity contribution >= 4 is 0 Å². The van der Waals surface area contributed by atoms with Crippen LogP contribution in [0.25, 0.3) is 0 Å². The van der Waals surface area contributed by atoms with Gasteiger partial charge in [-0.1, -0.05) is 13.8 Å². The average Bonchev–Trinajstić information content (AvgIpc) is 2.21. The van der Waals surface area contributed by atoms with Crippen LogP contribution in [0.2, 0.25) is 0 Å². The molecule has 3 nitrogen and oxygen atoms in total. The molecule has 0 radical (unpaired) electrons. The highest BCUT2D eigenvalue weighted by molar-refractivity contribution is 4.78. The van der Waals surface area contributed by atoms with E-state index in [1.54, 1.807) is 0 Å². The summed E-state index contributed by atoms with van der Waals surface area (Å²) < 4.78 is 0. The molecule has 0 aromatic heterocycles. The molecule has 0 aliphatic heterocycles. The van der Waals surface area contributed by atoms with Crippen molar-refractivity contribution in [1.82, 2.24) is 15.1 Å². The Bertz CT molecular complexity index is 169. The van der Waals surface area contributed by atoms with Crippen LogP contribution >= 0.6 is 0 Å². The van der Waals surface area contributed by atoms with Crippen molar-refractivity contribution in [3.05, 3.63) is 0 Å². The smallest absolute Gasteiger partial charge is 0.0218 e. The van der Waals surface area contributed by atoms with Crippen molar-refractivity contribution in [2.45, 2.75) is 39.8 Å². The first-order valence-electron chi connectivity index (χ1n) is 6.44. The molecule has 0 fully saturated rings. The van der Waals surface area contributed by atoms with Gasteiger partial charge in [-0.25, -0.2) is 0 Å². The Hall–Kier alpha value is -0.120. The fourth-order valence-corrected chi connectivity index (χ4v) is 1.82. The summed E-state index contributed by atoms with van der Waals surface area (Å²) in [5, 5.41) is 3.35. The Labute approximate surface area is 102 Å². The summed E-state index contributed by atoms with van der Waals surface area (Å²) in [5.41, 5.74) is 0. The average molecular weight is 229 g/mol. The minimum Gasteiger partial charge on any atom is -0.316 e.